The highest BCUT2D eigenvalue weighted by Gasteiger charge is 2.54. The quantitative estimate of drug-likeness (QED) is 0.0608. The minimum atomic E-state index is -1.63. The number of aliphatic imine (C=N–C) groups is 1. The van der Waals surface area contributed by atoms with Crippen molar-refractivity contribution >= 4 is 5.96 Å². The van der Waals surface area contributed by atoms with Crippen LogP contribution in [0.5, 0.6) is 0 Å². The lowest BCUT2D eigenvalue weighted by atomic mass is 9.74. The normalized spacial score (nSPS) is 49.6. The minimum absolute atomic E-state index is 0.0361. The zero-order chi connectivity index (χ0) is 31.8. The Kier molecular flexibility index (Phi) is 11.2. The van der Waals surface area contributed by atoms with Crippen LogP contribution in [-0.2, 0) is 18.9 Å². The molecule has 0 bridgehead atoms. The van der Waals surface area contributed by atoms with Crippen molar-refractivity contribution in [2.75, 3.05) is 13.2 Å². The molecule has 19 heteroatoms. The topological polar surface area (TPSA) is 353 Å². The summed E-state index contributed by atoms with van der Waals surface area (Å²) in [6, 6.07) is -3.59. The van der Waals surface area contributed by atoms with E-state index in [1.807, 2.05) is 0 Å². The summed E-state index contributed by atoms with van der Waals surface area (Å²) in [5.74, 6) is -0.440. The molecular formula is C24H47N7O12. The summed E-state index contributed by atoms with van der Waals surface area (Å²) in [7, 11) is 0. The summed E-state index contributed by atoms with van der Waals surface area (Å²) < 4.78 is 23.3. The van der Waals surface area contributed by atoms with Gasteiger partial charge in [-0.2, -0.15) is 0 Å². The lowest BCUT2D eigenvalue weighted by Gasteiger charge is -2.50. The highest BCUT2D eigenvalue weighted by Crippen LogP contribution is 2.36. The lowest BCUT2D eigenvalue weighted by Crippen LogP contribution is -2.71. The molecule has 2 saturated carbocycles. The molecule has 0 aromatic heterocycles. The SMILES string of the molecule is NCC1OC(OC2C(N)CC(NC(O)C3(O)CC(N)C3)C(OC3OC(CO)C(O)CC3O)C2O)C(N=C(N)N)C(O)C1O. The van der Waals surface area contributed by atoms with Gasteiger partial charge in [0.25, 0.3) is 0 Å². The minimum Gasteiger partial charge on any atom is -0.394 e. The van der Waals surface area contributed by atoms with Crippen LogP contribution >= 0.6 is 0 Å². The molecule has 2 aliphatic carbocycles. The first-order valence-corrected chi connectivity index (χ1v) is 14.3. The van der Waals surface area contributed by atoms with E-state index in [1.165, 1.54) is 0 Å². The van der Waals surface area contributed by atoms with Crippen molar-refractivity contribution in [3.8, 4) is 0 Å². The van der Waals surface area contributed by atoms with Crippen LogP contribution in [0.2, 0.25) is 0 Å². The Bertz CT molecular complexity index is 946. The first-order valence-electron chi connectivity index (χ1n) is 14.3. The van der Waals surface area contributed by atoms with E-state index in [0.29, 0.717) is 0 Å². The Morgan fingerprint density at radius 3 is 2.12 bits per heavy atom. The number of hydrogen-bond donors (Lipinski definition) is 14. The van der Waals surface area contributed by atoms with Crippen LogP contribution < -0.4 is 34.0 Å². The molecule has 0 aromatic rings. The summed E-state index contributed by atoms with van der Waals surface area (Å²) in [5.41, 5.74) is 27.4. The first kappa shape index (κ1) is 34.5. The Morgan fingerprint density at radius 2 is 1.53 bits per heavy atom. The van der Waals surface area contributed by atoms with Crippen LogP contribution in [0.1, 0.15) is 25.7 Å². The van der Waals surface area contributed by atoms with Crippen LogP contribution in [-0.4, -0.2) is 163 Å². The second-order valence-electron chi connectivity index (χ2n) is 11.9. The van der Waals surface area contributed by atoms with E-state index in [-0.39, 0.29) is 38.3 Å². The van der Waals surface area contributed by atoms with Gasteiger partial charge in [-0.1, -0.05) is 0 Å². The maximum Gasteiger partial charge on any atom is 0.186 e. The zero-order valence-corrected chi connectivity index (χ0v) is 23.5. The van der Waals surface area contributed by atoms with Crippen molar-refractivity contribution in [3.05, 3.63) is 0 Å². The number of aliphatic hydroxyl groups is 8. The third-order valence-corrected chi connectivity index (χ3v) is 8.63. The summed E-state index contributed by atoms with van der Waals surface area (Å²) >= 11 is 0. The maximum absolute atomic E-state index is 11.6. The van der Waals surface area contributed by atoms with Gasteiger partial charge in [0.15, 0.2) is 18.5 Å². The molecule has 0 spiro atoms. The van der Waals surface area contributed by atoms with E-state index in [9.17, 15) is 40.9 Å². The second kappa shape index (κ2) is 14.0. The molecule has 15 unspecified atom stereocenters. The average Bonchev–Trinajstić information content (AvgIpc) is 2.92. The third-order valence-electron chi connectivity index (χ3n) is 8.63. The van der Waals surface area contributed by atoms with Crippen LogP contribution in [0, 0.1) is 0 Å². The fraction of sp³-hybridized carbons (Fsp3) is 0.958. The second-order valence-corrected chi connectivity index (χ2v) is 11.9. The van der Waals surface area contributed by atoms with E-state index in [1.54, 1.807) is 0 Å². The van der Waals surface area contributed by atoms with Gasteiger partial charge in [0.2, 0.25) is 0 Å². The van der Waals surface area contributed by atoms with Gasteiger partial charge in [0.1, 0.15) is 66.7 Å². The molecule has 0 radical (unpaired) electrons. The molecule has 2 aliphatic heterocycles. The van der Waals surface area contributed by atoms with Gasteiger partial charge in [-0.3, -0.25) is 5.32 Å². The van der Waals surface area contributed by atoms with E-state index in [4.69, 9.17) is 47.6 Å². The fourth-order valence-corrected chi connectivity index (χ4v) is 6.18. The Balaban J connectivity index is 1.58. The molecule has 19 N–H and O–H groups in total. The number of nitrogens with one attached hydrogen (secondary N) is 1. The zero-order valence-electron chi connectivity index (χ0n) is 23.5. The summed E-state index contributed by atoms with van der Waals surface area (Å²) in [4.78, 5) is 3.92. The molecular weight excluding hydrogens is 578 g/mol. The molecule has 4 rings (SSSR count). The van der Waals surface area contributed by atoms with Crippen LogP contribution in [0.25, 0.3) is 0 Å². The Morgan fingerprint density at radius 1 is 0.907 bits per heavy atom. The van der Waals surface area contributed by atoms with Gasteiger partial charge in [-0.05, 0) is 19.3 Å². The summed E-state index contributed by atoms with van der Waals surface area (Å²) in [6.07, 6.45) is -16.4. The van der Waals surface area contributed by atoms with Crippen molar-refractivity contribution in [3.63, 3.8) is 0 Å². The lowest BCUT2D eigenvalue weighted by molar-refractivity contribution is -0.318. The van der Waals surface area contributed by atoms with E-state index in [2.05, 4.69) is 10.3 Å². The van der Waals surface area contributed by atoms with Gasteiger partial charge in [-0.25, -0.2) is 4.99 Å². The number of rotatable bonds is 10. The van der Waals surface area contributed by atoms with E-state index >= 15 is 0 Å². The van der Waals surface area contributed by atoms with Crippen LogP contribution in [0.4, 0.5) is 0 Å². The number of aliphatic hydroxyl groups excluding tert-OH is 7. The van der Waals surface area contributed by atoms with Crippen molar-refractivity contribution in [1.29, 1.82) is 0 Å². The van der Waals surface area contributed by atoms with Crippen molar-refractivity contribution < 1.29 is 59.8 Å². The van der Waals surface area contributed by atoms with Crippen LogP contribution in [0.15, 0.2) is 4.99 Å². The predicted octanol–water partition coefficient (Wildman–Crippen LogP) is -8.15. The predicted molar refractivity (Wildman–Crippen MR) is 145 cm³/mol. The largest absolute Gasteiger partial charge is 0.394 e. The molecule has 19 nitrogen and oxygen atoms in total. The van der Waals surface area contributed by atoms with Gasteiger partial charge in [0, 0.05) is 31.1 Å². The Hall–Kier alpha value is -1.37. The van der Waals surface area contributed by atoms with Crippen LogP contribution in [0.3, 0.4) is 0 Å². The third kappa shape index (κ3) is 7.38. The van der Waals surface area contributed by atoms with Gasteiger partial charge in [0.05, 0.1) is 12.7 Å². The van der Waals surface area contributed by atoms with Crippen molar-refractivity contribution in [1.82, 2.24) is 5.32 Å². The number of hydrogen-bond acceptors (Lipinski definition) is 17. The standard InChI is InChI=1S/C24H47N7O12/c25-5-12-15(35)16(36)14(31-23(28)29)21(40-12)42-18-8(27)1-9(30-22(38)24(39)3-7(26)4-24)19(17(18)37)43-20-11(34)2-10(33)13(6-32)41-20/h7-22,30,32-39H,1-6,25-27H2,(H4,28,29,31). The summed E-state index contributed by atoms with van der Waals surface area (Å²) in [6.45, 7) is -0.782. The highest BCUT2D eigenvalue weighted by molar-refractivity contribution is 5.76. The molecule has 4 aliphatic rings. The van der Waals surface area contributed by atoms with Gasteiger partial charge < -0.3 is 88.5 Å². The molecule has 2 heterocycles. The monoisotopic (exact) mass is 625 g/mol. The number of ether oxygens (including phenoxy) is 4. The molecule has 0 aromatic carbocycles. The maximum atomic E-state index is 11.6. The Labute approximate surface area is 247 Å². The number of nitrogens with two attached hydrogens (primary N) is 5. The number of guanidine groups is 1. The highest BCUT2D eigenvalue weighted by atomic mass is 16.7. The smallest absolute Gasteiger partial charge is 0.186 e. The van der Waals surface area contributed by atoms with Gasteiger partial charge >= 0.3 is 0 Å². The summed E-state index contributed by atoms with van der Waals surface area (Å²) in [5, 5.41) is 87.3. The fourth-order valence-electron chi connectivity index (χ4n) is 6.18. The molecule has 43 heavy (non-hydrogen) atoms. The molecule has 4 fully saturated rings. The first-order chi connectivity index (χ1) is 20.2. The van der Waals surface area contributed by atoms with E-state index in [0.717, 1.165) is 0 Å². The molecule has 15 atom stereocenters. The molecule has 2 saturated heterocycles. The van der Waals surface area contributed by atoms with Crippen molar-refractivity contribution in [2.45, 2.75) is 129 Å². The van der Waals surface area contributed by atoms with E-state index < -0.39 is 110 Å². The average molecular weight is 626 g/mol. The molecule has 250 valence electrons. The molecule has 0 amide bonds. The number of nitrogens with zero attached hydrogens (tertiary/aromatic N) is 1. The van der Waals surface area contributed by atoms with Crippen molar-refractivity contribution in [2.24, 2.45) is 33.7 Å². The van der Waals surface area contributed by atoms with Gasteiger partial charge in [-0.15, -0.1) is 0 Å².